The van der Waals surface area contributed by atoms with Crippen molar-refractivity contribution >= 4 is 16.9 Å². The number of hydrogen-bond acceptors (Lipinski definition) is 4. The summed E-state index contributed by atoms with van der Waals surface area (Å²) < 4.78 is 22.7. The third-order valence-electron chi connectivity index (χ3n) is 4.67. The first kappa shape index (κ1) is 18.8. The van der Waals surface area contributed by atoms with Crippen molar-refractivity contribution in [2.45, 2.75) is 44.3 Å². The molecule has 6 heteroatoms. The van der Waals surface area contributed by atoms with Crippen molar-refractivity contribution in [1.29, 1.82) is 0 Å². The van der Waals surface area contributed by atoms with E-state index in [1.165, 1.54) is 5.56 Å². The smallest absolute Gasteiger partial charge is 0.407 e. The molecule has 0 fully saturated rings. The highest BCUT2D eigenvalue weighted by Gasteiger charge is 2.45. The topological polar surface area (TPSA) is 64.6 Å². The second-order valence-corrected chi connectivity index (χ2v) is 8.79. The maximum atomic E-state index is 13.0. The van der Waals surface area contributed by atoms with E-state index in [4.69, 9.17) is 9.47 Å². The van der Waals surface area contributed by atoms with E-state index in [1.807, 2.05) is 19.1 Å². The summed E-state index contributed by atoms with van der Waals surface area (Å²) in [6, 6.07) is 6.01. The van der Waals surface area contributed by atoms with E-state index in [2.05, 4.69) is 25.2 Å². The molecule has 1 aliphatic heterocycles. The van der Waals surface area contributed by atoms with Gasteiger partial charge in [0.05, 0.1) is 18.5 Å². The van der Waals surface area contributed by atoms with Gasteiger partial charge in [-0.05, 0) is 43.5 Å². The lowest BCUT2D eigenvalue weighted by atomic mass is 9.78. The van der Waals surface area contributed by atoms with Gasteiger partial charge < -0.3 is 14.8 Å². The molecule has 1 N–H and O–H groups in total. The molecule has 1 amide bonds. The Labute approximate surface area is 146 Å². The molecule has 5 nitrogen and oxygen atoms in total. The Balaban J connectivity index is 2.31. The fraction of sp³-hybridized carbons (Fsp3) is 0.611. The van der Waals surface area contributed by atoms with Crippen LogP contribution in [0.15, 0.2) is 18.2 Å². The van der Waals surface area contributed by atoms with Crippen molar-refractivity contribution in [3.8, 4) is 5.75 Å². The molecule has 1 aromatic rings. The number of fused-ring (bicyclic) bond motifs is 1. The summed E-state index contributed by atoms with van der Waals surface area (Å²) in [6.45, 7) is 8.76. The number of hydrogen-bond donors (Lipinski definition) is 1. The molecule has 1 heterocycles. The summed E-state index contributed by atoms with van der Waals surface area (Å²) in [7, 11) is 0.580. The van der Waals surface area contributed by atoms with Crippen LogP contribution >= 0.6 is 0 Å². The Kier molecular flexibility index (Phi) is 5.58. The summed E-state index contributed by atoms with van der Waals surface area (Å²) in [6.07, 6.45) is 0.142. The van der Waals surface area contributed by atoms with Crippen LogP contribution in [-0.4, -0.2) is 36.3 Å². The molecule has 0 spiro atoms. The predicted octanol–water partition coefficient (Wildman–Crippen LogP) is 3.09. The Morgan fingerprint density at radius 3 is 2.62 bits per heavy atom. The standard InChI is InChI=1S/C18H27NO4S/c1-6-23-16(20)19-10-9-18(4)15-11-13(22-5)7-8-14(15)17(2,3)12-24(18)21/h7-8,11H,6,9-10,12H2,1-5H3,(H,19,20). The molecule has 1 aliphatic rings. The van der Waals surface area contributed by atoms with E-state index < -0.39 is 21.6 Å². The molecule has 0 saturated heterocycles. The second-order valence-electron chi connectivity index (χ2n) is 6.91. The van der Waals surface area contributed by atoms with Gasteiger partial charge >= 0.3 is 6.09 Å². The second kappa shape index (κ2) is 7.13. The highest BCUT2D eigenvalue weighted by atomic mass is 32.2. The molecule has 2 unspecified atom stereocenters. The van der Waals surface area contributed by atoms with Crippen molar-refractivity contribution in [2.24, 2.45) is 0 Å². The monoisotopic (exact) mass is 353 g/mol. The van der Waals surface area contributed by atoms with Crippen LogP contribution in [0.5, 0.6) is 5.75 Å². The Bertz CT molecular complexity index is 644. The van der Waals surface area contributed by atoms with Gasteiger partial charge in [0.1, 0.15) is 5.75 Å². The number of carbonyl (C=O) groups excluding carboxylic acids is 1. The highest BCUT2D eigenvalue weighted by Crippen LogP contribution is 2.46. The minimum Gasteiger partial charge on any atom is -0.497 e. The molecule has 2 rings (SSSR count). The quantitative estimate of drug-likeness (QED) is 0.883. The third-order valence-corrected chi connectivity index (χ3v) is 7.08. The molecule has 0 radical (unpaired) electrons. The summed E-state index contributed by atoms with van der Waals surface area (Å²) in [5.41, 5.74) is 2.09. The van der Waals surface area contributed by atoms with E-state index in [0.717, 1.165) is 11.3 Å². The lowest BCUT2D eigenvalue weighted by Gasteiger charge is -2.43. The Hall–Kier alpha value is -1.56. The molecule has 1 aromatic carbocycles. The zero-order valence-corrected chi connectivity index (χ0v) is 15.9. The van der Waals surface area contributed by atoms with Gasteiger partial charge in [0, 0.05) is 28.5 Å². The van der Waals surface area contributed by atoms with E-state index in [0.29, 0.717) is 25.3 Å². The van der Waals surface area contributed by atoms with Crippen molar-refractivity contribution in [3.05, 3.63) is 29.3 Å². The number of nitrogens with one attached hydrogen (secondary N) is 1. The van der Waals surface area contributed by atoms with Gasteiger partial charge in [-0.25, -0.2) is 4.79 Å². The third kappa shape index (κ3) is 3.58. The van der Waals surface area contributed by atoms with Crippen LogP contribution in [-0.2, 0) is 25.7 Å². The van der Waals surface area contributed by atoms with E-state index in [9.17, 15) is 9.00 Å². The van der Waals surface area contributed by atoms with Crippen LogP contribution in [0.2, 0.25) is 0 Å². The summed E-state index contributed by atoms with van der Waals surface area (Å²) >= 11 is 0. The van der Waals surface area contributed by atoms with E-state index in [1.54, 1.807) is 14.0 Å². The predicted molar refractivity (Wildman–Crippen MR) is 96.0 cm³/mol. The van der Waals surface area contributed by atoms with Gasteiger partial charge in [-0.1, -0.05) is 19.9 Å². The average molecular weight is 353 g/mol. The maximum absolute atomic E-state index is 13.0. The summed E-state index contributed by atoms with van der Waals surface area (Å²) in [5, 5.41) is 2.73. The number of alkyl carbamates (subject to hydrolysis) is 1. The molecule has 0 bridgehead atoms. The van der Waals surface area contributed by atoms with Crippen LogP contribution in [0.3, 0.4) is 0 Å². The number of carbonyl (C=O) groups is 1. The van der Waals surface area contributed by atoms with Gasteiger partial charge in [0.15, 0.2) is 0 Å². The molecule has 0 aliphatic carbocycles. The van der Waals surface area contributed by atoms with Gasteiger partial charge in [-0.3, -0.25) is 4.21 Å². The summed E-state index contributed by atoms with van der Waals surface area (Å²) in [5.74, 6) is 1.36. The molecule has 0 saturated carbocycles. The van der Waals surface area contributed by atoms with Gasteiger partial charge in [0.25, 0.3) is 0 Å². The number of ether oxygens (including phenoxy) is 2. The van der Waals surface area contributed by atoms with Gasteiger partial charge in [-0.2, -0.15) is 0 Å². The Morgan fingerprint density at radius 2 is 2.00 bits per heavy atom. The van der Waals surface area contributed by atoms with Crippen LogP contribution in [0.4, 0.5) is 4.79 Å². The number of methoxy groups -OCH3 is 1. The zero-order chi connectivity index (χ0) is 18.0. The van der Waals surface area contributed by atoms with E-state index in [-0.39, 0.29) is 5.41 Å². The average Bonchev–Trinajstić information content (AvgIpc) is 2.52. The Morgan fingerprint density at radius 1 is 1.29 bits per heavy atom. The van der Waals surface area contributed by atoms with Crippen molar-refractivity contribution in [1.82, 2.24) is 5.32 Å². The molecule has 24 heavy (non-hydrogen) atoms. The fourth-order valence-electron chi connectivity index (χ4n) is 3.20. The van der Waals surface area contributed by atoms with Gasteiger partial charge in [-0.15, -0.1) is 0 Å². The minimum absolute atomic E-state index is 0.152. The lowest BCUT2D eigenvalue weighted by molar-refractivity contribution is 0.152. The van der Waals surface area contributed by atoms with Crippen LogP contribution in [0.25, 0.3) is 0 Å². The molecule has 2 atom stereocenters. The van der Waals surface area contributed by atoms with Crippen molar-refractivity contribution in [2.75, 3.05) is 26.0 Å². The molecule has 134 valence electrons. The SMILES string of the molecule is CCOC(=O)NCCC1(C)c2cc(OC)ccc2C(C)(C)CS1=O. The van der Waals surface area contributed by atoms with Crippen LogP contribution in [0.1, 0.15) is 45.2 Å². The fourth-order valence-corrected chi connectivity index (χ4v) is 5.07. The van der Waals surface area contributed by atoms with Crippen LogP contribution in [0, 0.1) is 0 Å². The van der Waals surface area contributed by atoms with E-state index >= 15 is 0 Å². The lowest BCUT2D eigenvalue weighted by Crippen LogP contribution is -2.45. The van der Waals surface area contributed by atoms with Crippen molar-refractivity contribution in [3.63, 3.8) is 0 Å². The largest absolute Gasteiger partial charge is 0.497 e. The first-order chi connectivity index (χ1) is 11.2. The van der Waals surface area contributed by atoms with Crippen molar-refractivity contribution < 1.29 is 18.5 Å². The van der Waals surface area contributed by atoms with Crippen LogP contribution < -0.4 is 10.1 Å². The number of rotatable bonds is 5. The molecule has 0 aromatic heterocycles. The molecular formula is C18H27NO4S. The minimum atomic E-state index is -1.05. The first-order valence-corrected chi connectivity index (χ1v) is 9.54. The maximum Gasteiger partial charge on any atom is 0.407 e. The zero-order valence-electron chi connectivity index (χ0n) is 15.1. The van der Waals surface area contributed by atoms with Gasteiger partial charge in [0.2, 0.25) is 0 Å². The number of benzene rings is 1. The normalized spacial score (nSPS) is 24.8. The molecular weight excluding hydrogens is 326 g/mol. The first-order valence-electron chi connectivity index (χ1n) is 8.22. The highest BCUT2D eigenvalue weighted by molar-refractivity contribution is 7.86. The summed E-state index contributed by atoms with van der Waals surface area (Å²) in [4.78, 5) is 11.5. The number of amides is 1.